The molecule has 1 aliphatic carbocycles. The zero-order chi connectivity index (χ0) is 32.6. The molecule has 7 aromatic rings. The van der Waals surface area contributed by atoms with E-state index in [-0.39, 0.29) is 11.6 Å². The Hall–Kier alpha value is -6.59. The second-order valence-electron chi connectivity index (χ2n) is 12.6. The summed E-state index contributed by atoms with van der Waals surface area (Å²) >= 11 is 0. The lowest BCUT2D eigenvalue weighted by Gasteiger charge is -2.25. The molecule has 0 saturated heterocycles. The van der Waals surface area contributed by atoms with E-state index in [9.17, 15) is 9.59 Å². The van der Waals surface area contributed by atoms with E-state index in [4.69, 9.17) is 4.74 Å². The highest BCUT2D eigenvalue weighted by molar-refractivity contribution is 6.17. The van der Waals surface area contributed by atoms with Crippen molar-refractivity contribution in [2.24, 2.45) is 0 Å². The molecule has 0 saturated carbocycles. The van der Waals surface area contributed by atoms with Crippen LogP contribution in [-0.2, 0) is 0 Å². The molecule has 1 aromatic heterocycles. The van der Waals surface area contributed by atoms with Crippen molar-refractivity contribution in [1.82, 2.24) is 4.57 Å². The number of benzene rings is 6. The molecule has 0 fully saturated rings. The third-order valence-electron chi connectivity index (χ3n) is 9.84. The Morgan fingerprint density at radius 2 is 1.08 bits per heavy atom. The molecule has 0 radical (unpaired) electrons. The first-order valence-electron chi connectivity index (χ1n) is 16.4. The first-order valence-corrected chi connectivity index (χ1v) is 16.4. The van der Waals surface area contributed by atoms with Crippen LogP contribution in [0.5, 0.6) is 5.75 Å². The molecule has 3 aliphatic rings. The minimum atomic E-state index is -0.516. The van der Waals surface area contributed by atoms with Crippen LogP contribution in [0.1, 0.15) is 11.3 Å². The van der Waals surface area contributed by atoms with Gasteiger partial charge in [-0.3, -0.25) is 0 Å². The molecule has 3 heterocycles. The van der Waals surface area contributed by atoms with Crippen molar-refractivity contribution in [2.75, 3.05) is 0 Å². The van der Waals surface area contributed by atoms with Crippen LogP contribution in [-0.4, -0.2) is 27.0 Å². The Kier molecular flexibility index (Phi) is 5.87. The first kappa shape index (κ1) is 27.5. The number of fused-ring (bicyclic) bond motifs is 4. The number of carbonyl (C=O) groups excluding carboxylic acids is 1. The number of hydrogen-bond donors (Lipinski definition) is 0. The van der Waals surface area contributed by atoms with E-state index in [1.807, 2.05) is 72.8 Å². The minimum Gasteiger partial charge on any atom is -0.473 e. The summed E-state index contributed by atoms with van der Waals surface area (Å²) in [6.07, 6.45) is 3.47. The SMILES string of the molecule is O=C1n2c3c(c4cc(-c5ccccc5)ccc4c2=O)C=CC2Oc4cc(-c5cc(-c6ccccc6)cc(-c6ccccc6)c5)ccc4[N+]1=C32. The maximum absolute atomic E-state index is 14.2. The zero-order valence-electron chi connectivity index (χ0n) is 26.2. The summed E-state index contributed by atoms with van der Waals surface area (Å²) in [6, 6.07) is 48.9. The van der Waals surface area contributed by atoms with Crippen LogP contribution in [0.15, 0.2) is 156 Å². The lowest BCUT2D eigenvalue weighted by molar-refractivity contribution is -0.336. The first-order chi connectivity index (χ1) is 24.1. The molecule has 5 heteroatoms. The van der Waals surface area contributed by atoms with Crippen LogP contribution in [0.4, 0.5) is 10.5 Å². The molecule has 0 N–H and O–H groups in total. The summed E-state index contributed by atoms with van der Waals surface area (Å²) in [6.45, 7) is 0. The quantitative estimate of drug-likeness (QED) is 0.182. The van der Waals surface area contributed by atoms with E-state index >= 15 is 0 Å². The predicted octanol–water partition coefficient (Wildman–Crippen LogP) is 9.57. The van der Waals surface area contributed by atoms with Crippen LogP contribution in [0, 0.1) is 0 Å². The Bertz CT molecular complexity index is 2600. The lowest BCUT2D eigenvalue weighted by Crippen LogP contribution is -2.36. The van der Waals surface area contributed by atoms with E-state index in [1.165, 1.54) is 4.57 Å². The Morgan fingerprint density at radius 1 is 0.531 bits per heavy atom. The van der Waals surface area contributed by atoms with E-state index in [1.54, 1.807) is 4.58 Å². The van der Waals surface area contributed by atoms with Crippen molar-refractivity contribution in [1.29, 1.82) is 0 Å². The normalized spacial score (nSPS) is 15.3. The number of amides is 1. The summed E-state index contributed by atoms with van der Waals surface area (Å²) in [4.78, 5) is 28.2. The summed E-state index contributed by atoms with van der Waals surface area (Å²) in [5.74, 6) is 0.593. The van der Waals surface area contributed by atoms with Crippen molar-refractivity contribution in [2.45, 2.75) is 6.10 Å². The molecule has 1 amide bonds. The second-order valence-corrected chi connectivity index (χ2v) is 12.6. The minimum absolute atomic E-state index is 0.321. The summed E-state index contributed by atoms with van der Waals surface area (Å²) in [7, 11) is 0. The monoisotopic (exact) mass is 631 g/mol. The van der Waals surface area contributed by atoms with Gasteiger partial charge in [0.05, 0.1) is 5.39 Å². The van der Waals surface area contributed by atoms with Gasteiger partial charge in [-0.15, -0.1) is 9.14 Å². The van der Waals surface area contributed by atoms with Gasteiger partial charge in [0.2, 0.25) is 5.71 Å². The maximum Gasteiger partial charge on any atom is 0.512 e. The number of carbonyl (C=O) groups is 1. The molecule has 0 bridgehead atoms. The fourth-order valence-corrected chi connectivity index (χ4v) is 7.51. The highest BCUT2D eigenvalue weighted by atomic mass is 16.5. The molecular weight excluding hydrogens is 604 g/mol. The van der Waals surface area contributed by atoms with Gasteiger partial charge in [0.15, 0.2) is 23.2 Å². The van der Waals surface area contributed by atoms with Crippen LogP contribution in [0.2, 0.25) is 0 Å². The van der Waals surface area contributed by atoms with Gasteiger partial charge in [0, 0.05) is 10.9 Å². The fraction of sp³-hybridized carbons (Fsp3) is 0.0227. The number of hydrogen-bond acceptors (Lipinski definition) is 3. The van der Waals surface area contributed by atoms with Crippen molar-refractivity contribution < 1.29 is 14.1 Å². The van der Waals surface area contributed by atoms with Gasteiger partial charge in [0.1, 0.15) is 0 Å². The summed E-state index contributed by atoms with van der Waals surface area (Å²) in [5.41, 5.74) is 11.0. The molecular formula is C44H27N2O3+. The van der Waals surface area contributed by atoms with E-state index in [2.05, 4.69) is 84.9 Å². The van der Waals surface area contributed by atoms with E-state index < -0.39 is 6.10 Å². The Balaban J connectivity index is 1.12. The molecule has 0 spiro atoms. The molecule has 1 unspecified atom stereocenters. The van der Waals surface area contributed by atoms with Gasteiger partial charge < -0.3 is 4.74 Å². The smallest absolute Gasteiger partial charge is 0.473 e. The molecule has 2 aliphatic heterocycles. The zero-order valence-corrected chi connectivity index (χ0v) is 26.2. The molecule has 5 nitrogen and oxygen atoms in total. The second kappa shape index (κ2) is 10.5. The van der Waals surface area contributed by atoms with Crippen molar-refractivity contribution in [3.63, 3.8) is 0 Å². The summed E-state index contributed by atoms with van der Waals surface area (Å²) < 4.78 is 9.65. The number of ether oxygens (including phenoxy) is 1. The van der Waals surface area contributed by atoms with Crippen LogP contribution < -0.4 is 10.3 Å². The van der Waals surface area contributed by atoms with Gasteiger partial charge in [-0.25, -0.2) is 4.79 Å². The molecule has 6 aromatic carbocycles. The average Bonchev–Trinajstić information content (AvgIpc) is 3.49. The molecule has 230 valence electrons. The Morgan fingerprint density at radius 3 is 1.71 bits per heavy atom. The Labute approximate surface area is 281 Å². The van der Waals surface area contributed by atoms with E-state index in [0.717, 1.165) is 55.5 Å². The molecule has 10 rings (SSSR count). The molecule has 1 atom stereocenters. The number of aromatic nitrogens is 1. The number of rotatable bonds is 4. The van der Waals surface area contributed by atoms with Crippen molar-refractivity contribution in [3.05, 3.63) is 173 Å². The maximum atomic E-state index is 14.2. The van der Waals surface area contributed by atoms with Gasteiger partial charge in [-0.1, -0.05) is 97.1 Å². The van der Waals surface area contributed by atoms with Gasteiger partial charge in [-0.05, 0) is 105 Å². The fourth-order valence-electron chi connectivity index (χ4n) is 7.51. The number of pyridine rings is 1. The number of nitrogens with zero attached hydrogens (tertiary/aromatic N) is 2. The topological polar surface area (TPSA) is 51.3 Å². The third-order valence-corrected chi connectivity index (χ3v) is 9.84. The highest BCUT2D eigenvalue weighted by Crippen LogP contribution is 2.43. The van der Waals surface area contributed by atoms with Crippen LogP contribution in [0.3, 0.4) is 0 Å². The van der Waals surface area contributed by atoms with Gasteiger partial charge in [-0.2, -0.15) is 4.79 Å². The standard InChI is InChI=1S/C44H27N2O3/c47-43-36-18-16-30(27-10-4-1-5-11-27)25-37(36)35-19-21-39-42-41(35)46(43)44(48)45(42)38-20-17-31(26-40(38)49-39)34-23-32(28-12-6-2-7-13-28)22-33(24-34)29-14-8-3-9-15-29/h1-26,39H/q+1. The van der Waals surface area contributed by atoms with Crippen LogP contribution in [0.25, 0.3) is 61.4 Å². The third kappa shape index (κ3) is 4.16. The molecule has 49 heavy (non-hydrogen) atoms. The van der Waals surface area contributed by atoms with Crippen LogP contribution >= 0.6 is 0 Å². The predicted molar refractivity (Wildman–Crippen MR) is 195 cm³/mol. The van der Waals surface area contributed by atoms with Crippen molar-refractivity contribution in [3.8, 4) is 50.3 Å². The lowest BCUT2D eigenvalue weighted by atomic mass is 9.91. The van der Waals surface area contributed by atoms with Gasteiger partial charge in [0.25, 0.3) is 0 Å². The highest BCUT2D eigenvalue weighted by Gasteiger charge is 2.50. The van der Waals surface area contributed by atoms with Crippen molar-refractivity contribution >= 4 is 34.3 Å². The largest absolute Gasteiger partial charge is 0.512 e. The summed E-state index contributed by atoms with van der Waals surface area (Å²) in [5, 5.41) is 1.34. The van der Waals surface area contributed by atoms with Gasteiger partial charge >= 0.3 is 11.6 Å². The van der Waals surface area contributed by atoms with E-state index in [0.29, 0.717) is 28.2 Å². The average molecular weight is 632 g/mol.